The van der Waals surface area contributed by atoms with E-state index in [1.165, 1.54) is 24.0 Å². The summed E-state index contributed by atoms with van der Waals surface area (Å²) >= 11 is 0. The molecule has 4 aliphatic rings. The minimum absolute atomic E-state index is 0.148. The fraction of sp³-hybridized carbons (Fsp3) is 0.463. The van der Waals surface area contributed by atoms with Crippen molar-refractivity contribution < 1.29 is 18.9 Å². The number of hydrogen-bond acceptors (Lipinski definition) is 10. The molecule has 3 aliphatic heterocycles. The van der Waals surface area contributed by atoms with E-state index in [0.29, 0.717) is 36.4 Å². The molecule has 1 aliphatic carbocycles. The molecule has 3 atom stereocenters. The van der Waals surface area contributed by atoms with Crippen molar-refractivity contribution in [3.63, 3.8) is 0 Å². The summed E-state index contributed by atoms with van der Waals surface area (Å²) in [4.78, 5) is 55.4. The zero-order valence-corrected chi connectivity index (χ0v) is 30.5. The summed E-state index contributed by atoms with van der Waals surface area (Å²) in [6, 6.07) is 12.7. The quantitative estimate of drug-likeness (QED) is 0.128. The Morgan fingerprint density at radius 1 is 0.944 bits per heavy atom. The van der Waals surface area contributed by atoms with Crippen LogP contribution in [0.3, 0.4) is 0 Å². The Labute approximate surface area is 313 Å². The van der Waals surface area contributed by atoms with Gasteiger partial charge in [-0.1, -0.05) is 12.1 Å². The average Bonchev–Trinajstić information content (AvgIpc) is 3.96. The Bertz CT molecular complexity index is 2200. The maximum Gasteiger partial charge on any atom is 0.271 e. The Morgan fingerprint density at radius 2 is 1.76 bits per heavy atom. The van der Waals surface area contributed by atoms with Gasteiger partial charge in [-0.05, 0) is 124 Å². The lowest BCUT2D eigenvalue weighted by molar-refractivity contribution is -0.134. The molecule has 0 spiro atoms. The number of benzene rings is 2. The van der Waals surface area contributed by atoms with Crippen LogP contribution in [0.5, 0.6) is 0 Å². The molecule has 1 saturated carbocycles. The van der Waals surface area contributed by atoms with Crippen molar-refractivity contribution in [3.8, 4) is 0 Å². The molecule has 4 fully saturated rings. The number of nitrogens with one attached hydrogen (secondary N) is 3. The van der Waals surface area contributed by atoms with Gasteiger partial charge in [-0.2, -0.15) is 0 Å². The zero-order valence-electron chi connectivity index (χ0n) is 30.5. The van der Waals surface area contributed by atoms with Crippen molar-refractivity contribution >= 4 is 56.9 Å². The molecule has 13 heteroatoms. The number of aromatic amines is 1. The second kappa shape index (κ2) is 14.5. The number of anilines is 3. The summed E-state index contributed by atoms with van der Waals surface area (Å²) < 4.78 is 5.97. The molecular formula is C41H47N9O4. The van der Waals surface area contributed by atoms with Gasteiger partial charge in [0.1, 0.15) is 5.82 Å². The van der Waals surface area contributed by atoms with E-state index in [4.69, 9.17) is 20.2 Å². The first-order valence-corrected chi connectivity index (χ1v) is 19.6. The van der Waals surface area contributed by atoms with E-state index in [2.05, 4.69) is 60.9 Å². The molecule has 3 saturated heterocycles. The van der Waals surface area contributed by atoms with Crippen molar-refractivity contribution in [1.82, 2.24) is 30.3 Å². The van der Waals surface area contributed by atoms with Crippen molar-refractivity contribution in [3.05, 3.63) is 71.3 Å². The first-order valence-electron chi connectivity index (χ1n) is 19.6. The van der Waals surface area contributed by atoms with Crippen LogP contribution in [-0.4, -0.2) is 75.5 Å². The van der Waals surface area contributed by atoms with Crippen LogP contribution in [0.1, 0.15) is 109 Å². The van der Waals surface area contributed by atoms with E-state index in [1.54, 1.807) is 6.20 Å². The monoisotopic (exact) mass is 729 g/mol. The van der Waals surface area contributed by atoms with Gasteiger partial charge in [-0.3, -0.25) is 24.7 Å². The van der Waals surface area contributed by atoms with E-state index in [1.807, 2.05) is 12.3 Å². The van der Waals surface area contributed by atoms with Gasteiger partial charge < -0.3 is 25.4 Å². The van der Waals surface area contributed by atoms with Crippen molar-refractivity contribution in [2.24, 2.45) is 11.7 Å². The zero-order chi connectivity index (χ0) is 36.8. The minimum atomic E-state index is -0.598. The van der Waals surface area contributed by atoms with Crippen LogP contribution in [0.25, 0.3) is 21.9 Å². The average molecular weight is 730 g/mol. The molecule has 3 aromatic heterocycles. The number of amides is 3. The number of fused-ring (bicyclic) bond motifs is 3. The SMILES string of the molecule is NC(=O)c1ncc(N2CCCCC2)nc1Nc1ccc(C2CCN(C[C@H]3CCC(c4cc5o[nH]c(C6CCC(=O)NC6=O)c5c5ccnc45)C3)CC2)cc1. The third-order valence-corrected chi connectivity index (χ3v) is 12.3. The third kappa shape index (κ3) is 6.69. The molecule has 2 aromatic carbocycles. The number of imide groups is 1. The van der Waals surface area contributed by atoms with Gasteiger partial charge in [0.25, 0.3) is 5.91 Å². The molecule has 6 heterocycles. The lowest BCUT2D eigenvalue weighted by atomic mass is 9.88. The standard InChI is InChI=1S/C41H47N9O4/c42-39(52)38-40(46-33(22-44-38)50-16-2-1-3-17-50)45-28-8-6-25(7-9-28)26-13-18-49(19-14-26)23-24-4-5-27(20-24)31-21-32-35(29-12-15-43-36(29)31)37(48-54-32)30-10-11-34(51)47-41(30)53/h6-9,12,15,21-22,24,26-27,30,48H,1-5,10-11,13-14,16-20,23H2,(H2,42,52)(H,45,46)(H,47,51,53)/t24-,27?,30?/m0/s1. The van der Waals surface area contributed by atoms with Gasteiger partial charge in [0, 0.05) is 43.3 Å². The van der Waals surface area contributed by atoms with Gasteiger partial charge in [0.05, 0.1) is 28.7 Å². The number of nitrogens with zero attached hydrogens (tertiary/aromatic N) is 5. The number of H-pyrrole nitrogens is 1. The molecule has 3 amide bonds. The number of nitrogens with two attached hydrogens (primary N) is 1. The molecule has 2 unspecified atom stereocenters. The third-order valence-electron chi connectivity index (χ3n) is 12.3. The van der Waals surface area contributed by atoms with Crippen LogP contribution in [0.15, 0.2) is 53.3 Å². The molecule has 280 valence electrons. The van der Waals surface area contributed by atoms with Gasteiger partial charge in [-0.25, -0.2) is 15.1 Å². The number of primary amides is 1. The largest absolute Gasteiger partial charge is 0.382 e. The Morgan fingerprint density at radius 3 is 2.54 bits per heavy atom. The Balaban J connectivity index is 0.810. The lowest BCUT2D eigenvalue weighted by Gasteiger charge is -2.34. The highest BCUT2D eigenvalue weighted by atomic mass is 16.5. The first-order chi connectivity index (χ1) is 26.4. The van der Waals surface area contributed by atoms with E-state index < -0.39 is 11.8 Å². The molecule has 5 N–H and O–H groups in total. The van der Waals surface area contributed by atoms with Crippen molar-refractivity contribution in [1.29, 1.82) is 0 Å². The van der Waals surface area contributed by atoms with Gasteiger partial charge >= 0.3 is 0 Å². The second-order valence-electron chi connectivity index (χ2n) is 15.7. The topological polar surface area (TPSA) is 175 Å². The molecule has 9 rings (SSSR count). The summed E-state index contributed by atoms with van der Waals surface area (Å²) in [7, 11) is 0. The van der Waals surface area contributed by atoms with Crippen LogP contribution in [0.4, 0.5) is 17.3 Å². The van der Waals surface area contributed by atoms with Crippen LogP contribution >= 0.6 is 0 Å². The number of likely N-dealkylation sites (tertiary alicyclic amines) is 1. The number of rotatable bonds is 9. The van der Waals surface area contributed by atoms with Gasteiger partial charge in [0.15, 0.2) is 17.1 Å². The highest BCUT2D eigenvalue weighted by Crippen LogP contribution is 2.45. The Hall–Kier alpha value is -5.30. The summed E-state index contributed by atoms with van der Waals surface area (Å²) in [5.74, 6) is 1.15. The smallest absolute Gasteiger partial charge is 0.271 e. The maximum absolute atomic E-state index is 12.7. The lowest BCUT2D eigenvalue weighted by Crippen LogP contribution is -2.39. The normalized spacial score (nSPS) is 23.0. The van der Waals surface area contributed by atoms with Crippen LogP contribution < -0.4 is 21.3 Å². The van der Waals surface area contributed by atoms with Crippen LogP contribution in [-0.2, 0) is 9.59 Å². The van der Waals surface area contributed by atoms with Crippen LogP contribution in [0, 0.1) is 5.92 Å². The summed E-state index contributed by atoms with van der Waals surface area (Å²) in [5, 5.41) is 10.7. The highest BCUT2D eigenvalue weighted by molar-refractivity contribution is 6.10. The van der Waals surface area contributed by atoms with E-state index in [9.17, 15) is 14.4 Å². The van der Waals surface area contributed by atoms with E-state index >= 15 is 0 Å². The fourth-order valence-electron chi connectivity index (χ4n) is 9.46. The molecule has 13 nitrogen and oxygen atoms in total. The van der Waals surface area contributed by atoms with E-state index in [0.717, 1.165) is 110 Å². The Kier molecular flexibility index (Phi) is 9.26. The number of piperidine rings is 3. The molecule has 54 heavy (non-hydrogen) atoms. The predicted octanol–water partition coefficient (Wildman–Crippen LogP) is 6.22. The number of carbonyl (C=O) groups is 3. The highest BCUT2D eigenvalue weighted by Gasteiger charge is 2.34. The second-order valence-corrected chi connectivity index (χ2v) is 15.7. The minimum Gasteiger partial charge on any atom is -0.382 e. The number of aromatic nitrogens is 4. The number of carbonyl (C=O) groups excluding carboxylic acids is 3. The predicted molar refractivity (Wildman–Crippen MR) is 206 cm³/mol. The fourth-order valence-corrected chi connectivity index (χ4v) is 9.46. The van der Waals surface area contributed by atoms with Gasteiger partial charge in [0.2, 0.25) is 11.8 Å². The summed E-state index contributed by atoms with van der Waals surface area (Å²) in [6.45, 7) is 5.15. The first kappa shape index (κ1) is 34.5. The van der Waals surface area contributed by atoms with Gasteiger partial charge in [-0.15, -0.1) is 0 Å². The number of hydrogen-bond donors (Lipinski definition) is 4. The van der Waals surface area contributed by atoms with E-state index in [-0.39, 0.29) is 17.5 Å². The maximum atomic E-state index is 12.7. The molecule has 5 aromatic rings. The molecule has 0 radical (unpaired) electrons. The summed E-state index contributed by atoms with van der Waals surface area (Å²) in [6.07, 6.45) is 13.4. The molecule has 0 bridgehead atoms. The van der Waals surface area contributed by atoms with Crippen molar-refractivity contribution in [2.75, 3.05) is 42.9 Å². The summed E-state index contributed by atoms with van der Waals surface area (Å²) in [5.41, 5.74) is 11.7. The van der Waals surface area contributed by atoms with Crippen LogP contribution in [0.2, 0.25) is 0 Å². The molecular weight excluding hydrogens is 683 g/mol. The van der Waals surface area contributed by atoms with Crippen molar-refractivity contribution in [2.45, 2.75) is 82.0 Å².